The van der Waals surface area contributed by atoms with E-state index in [4.69, 9.17) is 0 Å². The van der Waals surface area contributed by atoms with Crippen LogP contribution in [0.25, 0.3) is 33.3 Å². The van der Waals surface area contributed by atoms with Crippen LogP contribution in [0.4, 0.5) is 0 Å². The Morgan fingerprint density at radius 2 is 1.95 bits per heavy atom. The maximum atomic E-state index is 4.49. The fourth-order valence-electron chi connectivity index (χ4n) is 2.58. The van der Waals surface area contributed by atoms with Crippen molar-refractivity contribution < 1.29 is 0 Å². The predicted molar refractivity (Wildman–Crippen MR) is 78.4 cm³/mol. The average molecular weight is 263 g/mol. The molecule has 0 fully saturated rings. The number of aromatic nitrogens is 5. The zero-order chi connectivity index (χ0) is 13.5. The maximum Gasteiger partial charge on any atom is 0.141 e. The van der Waals surface area contributed by atoms with Gasteiger partial charge in [-0.3, -0.25) is 0 Å². The topological polar surface area (TPSA) is 70.2 Å². The SMILES string of the molecule is CCc1c[nH]c2ncc(-c3ncnc4[nH]ccc34)cc12. The van der Waals surface area contributed by atoms with Crippen molar-refractivity contribution in [1.82, 2.24) is 24.9 Å². The van der Waals surface area contributed by atoms with Crippen molar-refractivity contribution in [2.24, 2.45) is 0 Å². The number of aryl methyl sites for hydroxylation is 1. The molecule has 4 aromatic rings. The van der Waals surface area contributed by atoms with E-state index in [1.807, 2.05) is 24.7 Å². The second kappa shape index (κ2) is 4.16. The van der Waals surface area contributed by atoms with E-state index < -0.39 is 0 Å². The third kappa shape index (κ3) is 1.53. The van der Waals surface area contributed by atoms with E-state index in [9.17, 15) is 0 Å². The Kier molecular flexibility index (Phi) is 2.32. The fourth-order valence-corrected chi connectivity index (χ4v) is 2.58. The summed E-state index contributed by atoms with van der Waals surface area (Å²) >= 11 is 0. The molecule has 0 aromatic carbocycles. The van der Waals surface area contributed by atoms with Gasteiger partial charge in [0, 0.05) is 34.9 Å². The Morgan fingerprint density at radius 1 is 1.05 bits per heavy atom. The molecule has 0 radical (unpaired) electrons. The molecule has 5 nitrogen and oxygen atoms in total. The number of nitrogens with one attached hydrogen (secondary N) is 2. The maximum absolute atomic E-state index is 4.49. The number of nitrogens with zero attached hydrogens (tertiary/aromatic N) is 3. The van der Waals surface area contributed by atoms with E-state index in [1.54, 1.807) is 6.33 Å². The van der Waals surface area contributed by atoms with Crippen molar-refractivity contribution >= 4 is 22.1 Å². The van der Waals surface area contributed by atoms with Crippen molar-refractivity contribution in [2.75, 3.05) is 0 Å². The zero-order valence-corrected chi connectivity index (χ0v) is 11.0. The second-order valence-electron chi connectivity index (χ2n) is 4.75. The average Bonchev–Trinajstić information content (AvgIpc) is 3.12. The first kappa shape index (κ1) is 11.2. The van der Waals surface area contributed by atoms with E-state index in [-0.39, 0.29) is 0 Å². The third-order valence-electron chi connectivity index (χ3n) is 3.63. The van der Waals surface area contributed by atoms with Crippen LogP contribution in [-0.4, -0.2) is 24.9 Å². The molecule has 0 aliphatic rings. The Balaban J connectivity index is 1.99. The summed E-state index contributed by atoms with van der Waals surface area (Å²) in [4.78, 5) is 19.4. The molecular formula is C15H13N5. The lowest BCUT2D eigenvalue weighted by molar-refractivity contribution is 1.15. The number of pyridine rings is 1. The van der Waals surface area contributed by atoms with Gasteiger partial charge < -0.3 is 9.97 Å². The highest BCUT2D eigenvalue weighted by molar-refractivity contribution is 5.93. The summed E-state index contributed by atoms with van der Waals surface area (Å²) in [5, 5.41) is 2.18. The Bertz CT molecular complexity index is 903. The zero-order valence-electron chi connectivity index (χ0n) is 11.0. The van der Waals surface area contributed by atoms with Crippen molar-refractivity contribution in [3.63, 3.8) is 0 Å². The van der Waals surface area contributed by atoms with Gasteiger partial charge in [0.05, 0.1) is 5.69 Å². The van der Waals surface area contributed by atoms with Gasteiger partial charge in [-0.1, -0.05) is 6.92 Å². The monoisotopic (exact) mass is 263 g/mol. The minimum atomic E-state index is 0.847. The van der Waals surface area contributed by atoms with Crippen LogP contribution in [0, 0.1) is 0 Å². The molecule has 0 bridgehead atoms. The van der Waals surface area contributed by atoms with Crippen molar-refractivity contribution in [3.05, 3.63) is 42.6 Å². The molecule has 4 heterocycles. The van der Waals surface area contributed by atoms with Gasteiger partial charge in [0.1, 0.15) is 17.6 Å². The number of fused-ring (bicyclic) bond motifs is 2. The molecule has 2 N–H and O–H groups in total. The van der Waals surface area contributed by atoms with Crippen LogP contribution in [0.15, 0.2) is 37.1 Å². The first-order chi connectivity index (χ1) is 9.86. The predicted octanol–water partition coefficient (Wildman–Crippen LogP) is 3.06. The third-order valence-corrected chi connectivity index (χ3v) is 3.63. The molecule has 5 heteroatoms. The molecule has 0 atom stereocenters. The van der Waals surface area contributed by atoms with E-state index in [1.165, 1.54) is 5.56 Å². The van der Waals surface area contributed by atoms with Gasteiger partial charge in [0.2, 0.25) is 0 Å². The Morgan fingerprint density at radius 3 is 2.85 bits per heavy atom. The second-order valence-corrected chi connectivity index (χ2v) is 4.75. The lowest BCUT2D eigenvalue weighted by Gasteiger charge is -2.03. The highest BCUT2D eigenvalue weighted by Crippen LogP contribution is 2.27. The summed E-state index contributed by atoms with van der Waals surface area (Å²) in [5.41, 5.74) is 4.96. The van der Waals surface area contributed by atoms with Crippen molar-refractivity contribution in [3.8, 4) is 11.3 Å². The molecule has 0 saturated heterocycles. The summed E-state index contributed by atoms with van der Waals surface area (Å²) < 4.78 is 0. The number of aromatic amines is 2. The molecule has 0 saturated carbocycles. The first-order valence-corrected chi connectivity index (χ1v) is 6.61. The van der Waals surface area contributed by atoms with Gasteiger partial charge in [-0.15, -0.1) is 0 Å². The van der Waals surface area contributed by atoms with Crippen LogP contribution in [0.5, 0.6) is 0 Å². The lowest BCUT2D eigenvalue weighted by Crippen LogP contribution is -1.89. The van der Waals surface area contributed by atoms with Crippen LogP contribution in [0.1, 0.15) is 12.5 Å². The molecule has 0 aliphatic heterocycles. The van der Waals surface area contributed by atoms with E-state index >= 15 is 0 Å². The Labute approximate surface area is 115 Å². The minimum absolute atomic E-state index is 0.847. The highest BCUT2D eigenvalue weighted by Gasteiger charge is 2.10. The van der Waals surface area contributed by atoms with E-state index in [2.05, 4.69) is 37.9 Å². The quantitative estimate of drug-likeness (QED) is 0.584. The molecular weight excluding hydrogens is 250 g/mol. The normalized spacial score (nSPS) is 11.4. The van der Waals surface area contributed by atoms with Gasteiger partial charge in [-0.05, 0) is 24.1 Å². The van der Waals surface area contributed by atoms with Crippen LogP contribution in [-0.2, 0) is 6.42 Å². The first-order valence-electron chi connectivity index (χ1n) is 6.61. The van der Waals surface area contributed by atoms with Crippen LogP contribution in [0.2, 0.25) is 0 Å². The summed E-state index contributed by atoms with van der Waals surface area (Å²) in [7, 11) is 0. The molecule has 4 rings (SSSR count). The van der Waals surface area contributed by atoms with Crippen LogP contribution in [0.3, 0.4) is 0 Å². The van der Waals surface area contributed by atoms with Crippen molar-refractivity contribution in [1.29, 1.82) is 0 Å². The smallest absolute Gasteiger partial charge is 0.141 e. The van der Waals surface area contributed by atoms with E-state index in [0.29, 0.717) is 0 Å². The van der Waals surface area contributed by atoms with Gasteiger partial charge in [-0.25, -0.2) is 15.0 Å². The summed E-state index contributed by atoms with van der Waals surface area (Å²) in [6, 6.07) is 4.14. The molecule has 0 spiro atoms. The highest BCUT2D eigenvalue weighted by atomic mass is 14.9. The summed E-state index contributed by atoms with van der Waals surface area (Å²) in [6.07, 6.45) is 8.31. The molecule has 98 valence electrons. The fraction of sp³-hybridized carbons (Fsp3) is 0.133. The molecule has 0 aliphatic carbocycles. The van der Waals surface area contributed by atoms with Crippen LogP contribution >= 0.6 is 0 Å². The van der Waals surface area contributed by atoms with Crippen molar-refractivity contribution in [2.45, 2.75) is 13.3 Å². The van der Waals surface area contributed by atoms with Gasteiger partial charge in [-0.2, -0.15) is 0 Å². The molecule has 20 heavy (non-hydrogen) atoms. The molecule has 4 aromatic heterocycles. The standard InChI is InChI=1S/C15H13N5/c1-2-9-6-17-15-12(9)5-10(7-18-15)13-11-3-4-16-14(11)20-8-19-13/h3-8H,2H2,1H3,(H,17,18)(H,16,19,20). The van der Waals surface area contributed by atoms with Gasteiger partial charge >= 0.3 is 0 Å². The largest absolute Gasteiger partial charge is 0.346 e. The minimum Gasteiger partial charge on any atom is -0.346 e. The number of hydrogen-bond donors (Lipinski definition) is 2. The van der Waals surface area contributed by atoms with E-state index in [0.717, 1.165) is 39.7 Å². The summed E-state index contributed by atoms with van der Waals surface area (Å²) in [6.45, 7) is 2.14. The Hall–Kier alpha value is -2.69. The van der Waals surface area contributed by atoms with Gasteiger partial charge in [0.15, 0.2) is 0 Å². The number of H-pyrrole nitrogens is 2. The van der Waals surface area contributed by atoms with Crippen LogP contribution < -0.4 is 0 Å². The number of rotatable bonds is 2. The lowest BCUT2D eigenvalue weighted by atomic mass is 10.1. The number of hydrogen-bond acceptors (Lipinski definition) is 3. The molecule has 0 unspecified atom stereocenters. The summed E-state index contributed by atoms with van der Waals surface area (Å²) in [5.74, 6) is 0. The van der Waals surface area contributed by atoms with Gasteiger partial charge in [0.25, 0.3) is 0 Å². The molecule has 0 amide bonds.